The number of carbonyl (C=O) groups is 4. The van der Waals surface area contributed by atoms with Gasteiger partial charge in [-0.2, -0.15) is 9.36 Å². The number of amides is 2. The lowest BCUT2D eigenvalue weighted by Gasteiger charge is -2.47. The van der Waals surface area contributed by atoms with E-state index in [1.165, 1.54) is 42.6 Å². The molecule has 37 heavy (non-hydrogen) atoms. The van der Waals surface area contributed by atoms with Crippen LogP contribution in [0, 0.1) is 0 Å². The number of oxime groups is 1. The molecular weight excluding hydrogens is 526 g/mol. The number of nitrogens with one attached hydrogen (secondary N) is 1. The Morgan fingerprint density at radius 1 is 1.38 bits per heavy atom. The van der Waals surface area contributed by atoms with E-state index in [1.807, 2.05) is 0 Å². The van der Waals surface area contributed by atoms with Crippen LogP contribution in [-0.2, 0) is 25.8 Å². The number of aromatic carboxylic acids is 1. The number of pyridine rings is 1. The molecule has 0 radical (unpaired) electrons. The number of aliphatic carboxylic acids is 1. The van der Waals surface area contributed by atoms with E-state index in [1.54, 1.807) is 23.2 Å². The smallest absolute Gasteiger partial charge is 0.350 e. The highest BCUT2D eigenvalue weighted by molar-refractivity contribution is 8.00. The quantitative estimate of drug-likeness (QED) is 0.140. The van der Waals surface area contributed by atoms with E-state index in [0.29, 0.717) is 12.3 Å². The minimum absolute atomic E-state index is 0.0616. The second-order valence-electron chi connectivity index (χ2n) is 8.54. The zero-order valence-electron chi connectivity index (χ0n) is 19.5. The molecule has 1 saturated heterocycles. The topological polar surface area (TPSA) is 204 Å². The fourth-order valence-corrected chi connectivity index (χ4v) is 4.99. The maximum Gasteiger partial charge on any atom is 0.350 e. The summed E-state index contributed by atoms with van der Waals surface area (Å²) < 4.78 is 5.71. The predicted molar refractivity (Wildman–Crippen MR) is 128 cm³/mol. The molecule has 16 heteroatoms. The maximum atomic E-state index is 13.0. The van der Waals surface area contributed by atoms with E-state index in [-0.39, 0.29) is 27.8 Å². The van der Waals surface area contributed by atoms with Gasteiger partial charge in [-0.15, -0.1) is 11.8 Å². The first-order valence-corrected chi connectivity index (χ1v) is 12.5. The largest absolute Gasteiger partial charge is 0.545 e. The van der Waals surface area contributed by atoms with Crippen molar-refractivity contribution in [2.45, 2.75) is 37.4 Å². The fourth-order valence-electron chi connectivity index (χ4n) is 3.30. The van der Waals surface area contributed by atoms with Gasteiger partial charge >= 0.3 is 5.97 Å². The van der Waals surface area contributed by atoms with Crippen molar-refractivity contribution in [3.8, 4) is 0 Å². The van der Waals surface area contributed by atoms with Gasteiger partial charge in [0.1, 0.15) is 11.4 Å². The zero-order valence-corrected chi connectivity index (χ0v) is 21.1. The molecule has 194 valence electrons. The Bertz CT molecular complexity index is 1320. The molecule has 4 heterocycles. The zero-order chi connectivity index (χ0) is 26.9. The number of rotatable bonds is 9. The van der Waals surface area contributed by atoms with E-state index in [0.717, 1.165) is 17.1 Å². The van der Waals surface area contributed by atoms with Gasteiger partial charge in [0.15, 0.2) is 24.1 Å². The number of hydrogen-bond acceptors (Lipinski definition) is 12. The van der Waals surface area contributed by atoms with Crippen molar-refractivity contribution in [3.05, 3.63) is 47.7 Å². The molecule has 2 aromatic rings. The van der Waals surface area contributed by atoms with Crippen molar-refractivity contribution in [1.82, 2.24) is 19.6 Å². The van der Waals surface area contributed by atoms with E-state index in [4.69, 9.17) is 10.6 Å². The number of carboxylic acid groups (broad SMARTS) is 2. The van der Waals surface area contributed by atoms with Crippen molar-refractivity contribution < 1.29 is 38.8 Å². The molecule has 2 aliphatic heterocycles. The molecule has 14 nitrogen and oxygen atoms in total. The van der Waals surface area contributed by atoms with Gasteiger partial charge in [-0.3, -0.25) is 9.59 Å². The molecule has 0 aliphatic carbocycles. The van der Waals surface area contributed by atoms with Gasteiger partial charge in [0.25, 0.3) is 11.8 Å². The molecule has 2 atom stereocenters. The van der Waals surface area contributed by atoms with Crippen LogP contribution >= 0.6 is 23.3 Å². The lowest BCUT2D eigenvalue weighted by molar-refractivity contribution is -0.689. The van der Waals surface area contributed by atoms with Crippen LogP contribution in [-0.4, -0.2) is 71.6 Å². The first-order chi connectivity index (χ1) is 17.5. The molecule has 0 spiro atoms. The third kappa shape index (κ3) is 5.54. The number of β-lactam (4-membered cyclic amide) rings is 1. The number of anilines is 1. The number of nitrogen functional groups attached to an aromatic ring is 1. The number of carboxylic acids is 2. The lowest BCUT2D eigenvalue weighted by Crippen LogP contribution is -2.69. The van der Waals surface area contributed by atoms with Gasteiger partial charge < -0.3 is 35.8 Å². The average molecular weight is 548 g/mol. The van der Waals surface area contributed by atoms with Gasteiger partial charge in [-0.05, 0) is 13.8 Å². The number of fused-ring (bicyclic) bond motifs is 1. The molecule has 4 rings (SSSR count). The minimum atomic E-state index is -1.74. The predicted octanol–water partition coefficient (Wildman–Crippen LogP) is -1.66. The Kier molecular flexibility index (Phi) is 7.13. The molecule has 4 N–H and O–H groups in total. The number of hydrogen-bond donors (Lipinski definition) is 3. The first kappa shape index (κ1) is 26.0. The third-order valence-electron chi connectivity index (χ3n) is 5.39. The first-order valence-electron chi connectivity index (χ1n) is 10.7. The van der Waals surface area contributed by atoms with E-state index < -0.39 is 35.2 Å². The van der Waals surface area contributed by atoms with Gasteiger partial charge in [-0.25, -0.2) is 9.36 Å². The molecular formula is C21H21N7O7S2. The Labute approximate surface area is 218 Å². The van der Waals surface area contributed by atoms with Crippen LogP contribution in [0.3, 0.4) is 0 Å². The third-order valence-corrected chi connectivity index (χ3v) is 7.31. The van der Waals surface area contributed by atoms with E-state index in [2.05, 4.69) is 19.8 Å². The van der Waals surface area contributed by atoms with Crippen LogP contribution in [0.25, 0.3) is 0 Å². The highest BCUT2D eigenvalue weighted by Crippen LogP contribution is 2.36. The molecule has 0 bridgehead atoms. The van der Waals surface area contributed by atoms with E-state index in [9.17, 15) is 29.4 Å². The number of nitrogens with two attached hydrogens (primary N) is 1. The summed E-state index contributed by atoms with van der Waals surface area (Å²) in [5.41, 5.74) is 4.44. The molecule has 2 aromatic heterocycles. The molecule has 0 aromatic carbocycles. The second-order valence-corrected chi connectivity index (χ2v) is 10.4. The molecule has 1 fully saturated rings. The van der Waals surface area contributed by atoms with E-state index >= 15 is 0 Å². The van der Waals surface area contributed by atoms with Crippen molar-refractivity contribution >= 4 is 57.9 Å². The molecule has 1 unspecified atom stereocenters. The number of thioether (sulfide) groups is 1. The van der Waals surface area contributed by atoms with Crippen LogP contribution in [0.2, 0.25) is 0 Å². The normalized spacial score (nSPS) is 19.4. The SMILES string of the molecule is CC(C)(O/N=C(/C(=O)NC1C(=O)N2C=C(C[n+]3ccc(C(=O)[O-])cc3)CS[C@H]12)c1nsc(N)n1)C(=O)O. The van der Waals surface area contributed by atoms with Crippen molar-refractivity contribution in [1.29, 1.82) is 0 Å². The van der Waals surface area contributed by atoms with Crippen molar-refractivity contribution in [2.75, 3.05) is 11.5 Å². The van der Waals surface area contributed by atoms with Crippen LogP contribution in [0.4, 0.5) is 5.13 Å². The second kappa shape index (κ2) is 10.1. The number of aromatic nitrogens is 3. The summed E-state index contributed by atoms with van der Waals surface area (Å²) >= 11 is 2.25. The summed E-state index contributed by atoms with van der Waals surface area (Å²) in [6, 6.07) is 2.00. The molecule has 2 amide bonds. The van der Waals surface area contributed by atoms with Crippen LogP contribution in [0.5, 0.6) is 0 Å². The van der Waals surface area contributed by atoms with Gasteiger partial charge in [0.05, 0.1) is 5.97 Å². The van der Waals surface area contributed by atoms with Crippen molar-refractivity contribution in [2.24, 2.45) is 5.16 Å². The summed E-state index contributed by atoms with van der Waals surface area (Å²) in [6.07, 6.45) is 4.93. The lowest BCUT2D eigenvalue weighted by atomic mass is 10.1. The van der Waals surface area contributed by atoms with Gasteiger partial charge in [0, 0.05) is 46.8 Å². The van der Waals surface area contributed by atoms with Crippen molar-refractivity contribution in [3.63, 3.8) is 0 Å². The Morgan fingerprint density at radius 2 is 2.08 bits per heavy atom. The Balaban J connectivity index is 1.44. The van der Waals surface area contributed by atoms with Crippen LogP contribution in [0.1, 0.15) is 30.0 Å². The summed E-state index contributed by atoms with van der Waals surface area (Å²) in [4.78, 5) is 58.5. The van der Waals surface area contributed by atoms with Crippen LogP contribution in [0.15, 0.2) is 41.5 Å². The number of nitrogens with zero attached hydrogens (tertiary/aromatic N) is 5. The summed E-state index contributed by atoms with van der Waals surface area (Å²) in [7, 11) is 0. The van der Waals surface area contributed by atoms with Gasteiger partial charge in [0.2, 0.25) is 17.1 Å². The summed E-state index contributed by atoms with van der Waals surface area (Å²) in [6.45, 7) is 2.95. The monoisotopic (exact) mass is 547 g/mol. The van der Waals surface area contributed by atoms with Crippen LogP contribution < -0.4 is 20.7 Å². The standard InChI is InChI=1S/C21H21N7O7S2/c1-21(2,19(33)34)35-25-12(14-24-20(22)37-26-14)15(29)23-13-16(30)28-8-10(9-36-17(13)28)7-27-5-3-11(4-6-27)18(31)32/h3-6,8,13,17H,7,9H2,1-2H3,(H4-,22,23,24,26,29,31,32,33,34)/b25-12+/t13?,17-/m1/s1. The molecule has 0 saturated carbocycles. The summed E-state index contributed by atoms with van der Waals surface area (Å²) in [5.74, 6) is -3.34. The highest BCUT2D eigenvalue weighted by Gasteiger charge is 2.50. The fraction of sp³-hybridized carbons (Fsp3) is 0.333. The Hall–Kier alpha value is -4.05. The minimum Gasteiger partial charge on any atom is -0.545 e. The summed E-state index contributed by atoms with van der Waals surface area (Å²) in [5, 5.41) is 26.1. The highest BCUT2D eigenvalue weighted by atomic mass is 32.2. The average Bonchev–Trinajstić information content (AvgIpc) is 3.28. The number of carbonyl (C=O) groups excluding carboxylic acids is 3. The Morgan fingerprint density at radius 3 is 2.68 bits per heavy atom. The van der Waals surface area contributed by atoms with Gasteiger partial charge in [-0.1, -0.05) is 5.16 Å². The molecule has 2 aliphatic rings. The maximum absolute atomic E-state index is 13.0.